The molecule has 5 rings (SSSR count). The van der Waals surface area contributed by atoms with E-state index in [2.05, 4.69) is 35.2 Å². The van der Waals surface area contributed by atoms with Crippen LogP contribution in [0.25, 0.3) is 10.4 Å². The van der Waals surface area contributed by atoms with Gasteiger partial charge in [-0.25, -0.2) is 0 Å². The van der Waals surface area contributed by atoms with Crippen LogP contribution < -0.4 is 0 Å². The molecule has 0 atom stereocenters. The summed E-state index contributed by atoms with van der Waals surface area (Å²) in [5, 5.41) is 0. The molecule has 2 nitrogen and oxygen atoms in total. The molecule has 3 heteroatoms. The van der Waals surface area contributed by atoms with Gasteiger partial charge in [0.2, 0.25) is 0 Å². The third-order valence-electron chi connectivity index (χ3n) is 5.35. The number of aryl methyl sites for hydroxylation is 2. The van der Waals surface area contributed by atoms with Crippen molar-refractivity contribution in [2.75, 3.05) is 6.54 Å². The smallest absolute Gasteiger partial charge is 0.264 e. The molecule has 0 radical (unpaired) electrons. The highest BCUT2D eigenvalue weighted by atomic mass is 32.1. The largest absolute Gasteiger partial charge is 0.335 e. The molecule has 118 valence electrons. The Morgan fingerprint density at radius 3 is 2.65 bits per heavy atom. The van der Waals surface area contributed by atoms with E-state index in [1.54, 1.807) is 11.3 Å². The van der Waals surface area contributed by atoms with Crippen LogP contribution >= 0.6 is 11.3 Å². The lowest BCUT2D eigenvalue weighted by Crippen LogP contribution is -2.34. The Kier molecular flexibility index (Phi) is 3.12. The third-order valence-corrected chi connectivity index (χ3v) is 6.54. The Morgan fingerprint density at radius 2 is 1.87 bits per heavy atom. The Morgan fingerprint density at radius 1 is 1.09 bits per heavy atom. The van der Waals surface area contributed by atoms with Crippen LogP contribution in [0.4, 0.5) is 0 Å². The van der Waals surface area contributed by atoms with E-state index >= 15 is 0 Å². The fourth-order valence-electron chi connectivity index (χ4n) is 3.68. The SMILES string of the molecule is O=C(c1cc2c(s1)-c1ccccc1CC2)N(CC1CC1)C1CC1. The van der Waals surface area contributed by atoms with Crippen LogP contribution in [0, 0.1) is 5.92 Å². The number of hydrogen-bond acceptors (Lipinski definition) is 2. The number of thiophene rings is 1. The molecule has 0 spiro atoms. The number of hydrogen-bond donors (Lipinski definition) is 0. The maximum absolute atomic E-state index is 13.1. The van der Waals surface area contributed by atoms with Crippen LogP contribution in [0.1, 0.15) is 46.5 Å². The molecule has 0 saturated heterocycles. The van der Waals surface area contributed by atoms with Gasteiger partial charge in [-0.1, -0.05) is 24.3 Å². The van der Waals surface area contributed by atoms with Crippen LogP contribution in [0.2, 0.25) is 0 Å². The zero-order valence-electron chi connectivity index (χ0n) is 13.3. The van der Waals surface area contributed by atoms with Crippen molar-refractivity contribution in [1.82, 2.24) is 4.90 Å². The van der Waals surface area contributed by atoms with Crippen molar-refractivity contribution >= 4 is 17.2 Å². The molecule has 1 aromatic heterocycles. The summed E-state index contributed by atoms with van der Waals surface area (Å²) in [6.45, 7) is 0.989. The lowest BCUT2D eigenvalue weighted by molar-refractivity contribution is 0.0739. The minimum atomic E-state index is 0.288. The summed E-state index contributed by atoms with van der Waals surface area (Å²) < 4.78 is 0. The van der Waals surface area contributed by atoms with E-state index in [4.69, 9.17) is 0 Å². The number of carbonyl (C=O) groups is 1. The second-order valence-corrected chi connectivity index (χ2v) is 8.31. The van der Waals surface area contributed by atoms with Crippen molar-refractivity contribution in [3.8, 4) is 10.4 Å². The maximum Gasteiger partial charge on any atom is 0.264 e. The zero-order chi connectivity index (χ0) is 15.4. The summed E-state index contributed by atoms with van der Waals surface area (Å²) in [6, 6.07) is 11.4. The average Bonchev–Trinajstić information content (AvgIpc) is 3.49. The molecule has 2 fully saturated rings. The third kappa shape index (κ3) is 2.51. The van der Waals surface area contributed by atoms with Gasteiger partial charge in [0.1, 0.15) is 0 Å². The van der Waals surface area contributed by atoms with E-state index in [9.17, 15) is 4.79 Å². The van der Waals surface area contributed by atoms with E-state index < -0.39 is 0 Å². The summed E-state index contributed by atoms with van der Waals surface area (Å²) in [5.41, 5.74) is 4.15. The Bertz CT molecular complexity index is 770. The van der Waals surface area contributed by atoms with Gasteiger partial charge in [-0.15, -0.1) is 11.3 Å². The highest BCUT2D eigenvalue weighted by molar-refractivity contribution is 7.17. The highest BCUT2D eigenvalue weighted by Gasteiger charge is 2.37. The fraction of sp³-hybridized carbons (Fsp3) is 0.450. The minimum absolute atomic E-state index is 0.288. The van der Waals surface area contributed by atoms with Gasteiger partial charge in [0.15, 0.2) is 0 Å². The van der Waals surface area contributed by atoms with Crippen molar-refractivity contribution in [3.63, 3.8) is 0 Å². The maximum atomic E-state index is 13.1. The number of carbonyl (C=O) groups excluding carboxylic acids is 1. The van der Waals surface area contributed by atoms with Gasteiger partial charge < -0.3 is 4.90 Å². The Labute approximate surface area is 141 Å². The molecule has 0 N–H and O–H groups in total. The van der Waals surface area contributed by atoms with Crippen LogP contribution in [0.5, 0.6) is 0 Å². The minimum Gasteiger partial charge on any atom is -0.335 e. The number of rotatable bonds is 4. The topological polar surface area (TPSA) is 20.3 Å². The number of benzene rings is 1. The van der Waals surface area contributed by atoms with Crippen LogP contribution in [-0.2, 0) is 12.8 Å². The molecule has 2 aromatic rings. The van der Waals surface area contributed by atoms with Gasteiger partial charge in [0.05, 0.1) is 4.88 Å². The van der Waals surface area contributed by atoms with Gasteiger partial charge >= 0.3 is 0 Å². The number of fused-ring (bicyclic) bond motifs is 3. The van der Waals surface area contributed by atoms with Crippen LogP contribution in [-0.4, -0.2) is 23.4 Å². The van der Waals surface area contributed by atoms with Gasteiger partial charge in [0.25, 0.3) is 5.91 Å². The standard InChI is InChI=1S/C20H21NOS/c22-20(21(16-9-10-16)12-13-5-6-13)18-11-15-8-7-14-3-1-2-4-17(14)19(15)23-18/h1-4,11,13,16H,5-10,12H2. The molecular formula is C20H21NOS. The van der Waals surface area contributed by atoms with Gasteiger partial charge in [0, 0.05) is 17.5 Å². The molecule has 23 heavy (non-hydrogen) atoms. The molecule has 3 aliphatic carbocycles. The lowest BCUT2D eigenvalue weighted by atomic mass is 9.91. The number of amides is 1. The first-order chi connectivity index (χ1) is 11.3. The fourth-order valence-corrected chi connectivity index (χ4v) is 4.91. The van der Waals surface area contributed by atoms with Crippen LogP contribution in [0.15, 0.2) is 30.3 Å². The van der Waals surface area contributed by atoms with E-state index in [1.807, 2.05) is 0 Å². The zero-order valence-corrected chi connectivity index (χ0v) is 14.1. The van der Waals surface area contributed by atoms with E-state index in [0.29, 0.717) is 6.04 Å². The van der Waals surface area contributed by atoms with Crippen molar-refractivity contribution in [2.24, 2.45) is 5.92 Å². The Balaban J connectivity index is 1.48. The highest BCUT2D eigenvalue weighted by Crippen LogP contribution is 2.41. The normalized spacial score (nSPS) is 19.1. The molecule has 0 aliphatic heterocycles. The Hall–Kier alpha value is -1.61. The first kappa shape index (κ1) is 13.8. The van der Waals surface area contributed by atoms with Crippen molar-refractivity contribution in [2.45, 2.75) is 44.6 Å². The molecule has 1 amide bonds. The molecule has 0 unspecified atom stereocenters. The summed E-state index contributed by atoms with van der Waals surface area (Å²) in [4.78, 5) is 17.5. The average molecular weight is 323 g/mol. The summed E-state index contributed by atoms with van der Waals surface area (Å²) in [5.74, 6) is 1.06. The van der Waals surface area contributed by atoms with E-state index in [0.717, 1.165) is 30.2 Å². The predicted molar refractivity (Wildman–Crippen MR) is 93.9 cm³/mol. The van der Waals surface area contributed by atoms with E-state index in [-0.39, 0.29) is 5.91 Å². The second-order valence-electron chi connectivity index (χ2n) is 7.25. The number of nitrogens with zero attached hydrogens (tertiary/aromatic N) is 1. The molecule has 1 heterocycles. The van der Waals surface area contributed by atoms with Gasteiger partial charge in [-0.3, -0.25) is 4.79 Å². The molecule has 3 aliphatic rings. The van der Waals surface area contributed by atoms with Crippen molar-refractivity contribution in [3.05, 3.63) is 46.3 Å². The molecule has 0 bridgehead atoms. The van der Waals surface area contributed by atoms with Crippen molar-refractivity contribution in [1.29, 1.82) is 0 Å². The molecular weight excluding hydrogens is 302 g/mol. The lowest BCUT2D eigenvalue weighted by Gasteiger charge is -2.21. The first-order valence-electron chi connectivity index (χ1n) is 8.81. The summed E-state index contributed by atoms with van der Waals surface area (Å²) in [7, 11) is 0. The quantitative estimate of drug-likeness (QED) is 0.809. The predicted octanol–water partition coefficient (Wildman–Crippen LogP) is 4.53. The van der Waals surface area contributed by atoms with Gasteiger partial charge in [-0.05, 0) is 67.2 Å². The van der Waals surface area contributed by atoms with Crippen LogP contribution in [0.3, 0.4) is 0 Å². The summed E-state index contributed by atoms with van der Waals surface area (Å²) >= 11 is 1.72. The van der Waals surface area contributed by atoms with E-state index in [1.165, 1.54) is 47.3 Å². The molecule has 2 saturated carbocycles. The first-order valence-corrected chi connectivity index (χ1v) is 9.63. The summed E-state index contributed by atoms with van der Waals surface area (Å²) in [6.07, 6.45) is 7.19. The molecule has 1 aromatic carbocycles. The monoisotopic (exact) mass is 323 g/mol. The van der Waals surface area contributed by atoms with Gasteiger partial charge in [-0.2, -0.15) is 0 Å². The second kappa shape index (κ2) is 5.20. The van der Waals surface area contributed by atoms with Crippen molar-refractivity contribution < 1.29 is 4.79 Å².